The standard InChI is InChI=1S/C11H22N2OS/c1-3-8(2)10(12)11(14)13-9-4-6-15-7-5-9/h8-10H,3-7,12H2,1-2H3,(H,13,14)/t8-,10-/m0/s1. The van der Waals surface area contributed by atoms with Gasteiger partial charge in [0.25, 0.3) is 0 Å². The van der Waals surface area contributed by atoms with E-state index >= 15 is 0 Å². The normalized spacial score (nSPS) is 22.1. The number of nitrogens with one attached hydrogen (secondary N) is 1. The molecule has 1 saturated heterocycles. The van der Waals surface area contributed by atoms with Gasteiger partial charge in [-0.2, -0.15) is 11.8 Å². The summed E-state index contributed by atoms with van der Waals surface area (Å²) in [6, 6.07) is 0.0124. The largest absolute Gasteiger partial charge is 0.352 e. The van der Waals surface area contributed by atoms with Crippen LogP contribution in [0.4, 0.5) is 0 Å². The number of thioether (sulfide) groups is 1. The second-order valence-electron chi connectivity index (χ2n) is 4.31. The van der Waals surface area contributed by atoms with Gasteiger partial charge < -0.3 is 11.1 Å². The first kappa shape index (κ1) is 12.8. The summed E-state index contributed by atoms with van der Waals surface area (Å²) < 4.78 is 0. The van der Waals surface area contributed by atoms with Crippen LogP contribution < -0.4 is 11.1 Å². The maximum Gasteiger partial charge on any atom is 0.237 e. The molecule has 0 radical (unpaired) electrons. The van der Waals surface area contributed by atoms with Crippen LogP contribution in [0.2, 0.25) is 0 Å². The smallest absolute Gasteiger partial charge is 0.237 e. The van der Waals surface area contributed by atoms with Gasteiger partial charge in [0.15, 0.2) is 0 Å². The summed E-state index contributed by atoms with van der Waals surface area (Å²) in [5.41, 5.74) is 5.87. The fourth-order valence-corrected chi connectivity index (χ4v) is 2.76. The van der Waals surface area contributed by atoms with Crippen LogP contribution in [0, 0.1) is 5.92 Å². The number of hydrogen-bond acceptors (Lipinski definition) is 3. The predicted octanol–water partition coefficient (Wildman–Crippen LogP) is 1.37. The molecule has 0 spiro atoms. The fraction of sp³-hybridized carbons (Fsp3) is 0.909. The third-order valence-corrected chi connectivity index (χ3v) is 4.18. The van der Waals surface area contributed by atoms with Crippen molar-refractivity contribution in [1.29, 1.82) is 0 Å². The summed E-state index contributed by atoms with van der Waals surface area (Å²) in [5.74, 6) is 2.61. The van der Waals surface area contributed by atoms with Crippen molar-refractivity contribution < 1.29 is 4.79 Å². The van der Waals surface area contributed by atoms with Gasteiger partial charge in [0, 0.05) is 6.04 Å². The first-order chi connectivity index (χ1) is 7.15. The van der Waals surface area contributed by atoms with Crippen molar-refractivity contribution >= 4 is 17.7 Å². The summed E-state index contributed by atoms with van der Waals surface area (Å²) in [6.45, 7) is 4.09. The van der Waals surface area contributed by atoms with Gasteiger partial charge in [-0.15, -0.1) is 0 Å². The minimum atomic E-state index is -0.343. The van der Waals surface area contributed by atoms with E-state index in [9.17, 15) is 4.79 Å². The molecule has 1 fully saturated rings. The SMILES string of the molecule is CC[C@H](C)[C@H](N)C(=O)NC1CCSCC1. The van der Waals surface area contributed by atoms with Crippen molar-refractivity contribution in [1.82, 2.24) is 5.32 Å². The predicted molar refractivity (Wildman–Crippen MR) is 65.9 cm³/mol. The van der Waals surface area contributed by atoms with Crippen LogP contribution in [0.3, 0.4) is 0 Å². The van der Waals surface area contributed by atoms with Gasteiger partial charge >= 0.3 is 0 Å². The van der Waals surface area contributed by atoms with Crippen LogP contribution in [0.15, 0.2) is 0 Å². The zero-order valence-electron chi connectivity index (χ0n) is 9.66. The van der Waals surface area contributed by atoms with E-state index in [1.54, 1.807) is 0 Å². The second kappa shape index (κ2) is 6.38. The van der Waals surface area contributed by atoms with E-state index in [1.165, 1.54) is 0 Å². The third kappa shape index (κ3) is 4.03. The van der Waals surface area contributed by atoms with Crippen molar-refractivity contribution in [3.63, 3.8) is 0 Å². The van der Waals surface area contributed by atoms with Crippen molar-refractivity contribution in [2.45, 2.75) is 45.2 Å². The molecule has 1 heterocycles. The van der Waals surface area contributed by atoms with E-state index < -0.39 is 0 Å². The lowest BCUT2D eigenvalue weighted by molar-refractivity contribution is -0.124. The van der Waals surface area contributed by atoms with E-state index in [0.717, 1.165) is 30.8 Å². The lowest BCUT2D eigenvalue weighted by atomic mass is 9.99. The van der Waals surface area contributed by atoms with Crippen LogP contribution in [0.25, 0.3) is 0 Å². The quantitative estimate of drug-likeness (QED) is 0.767. The molecule has 3 N–H and O–H groups in total. The molecular formula is C11H22N2OS. The lowest BCUT2D eigenvalue weighted by Crippen LogP contribution is -2.49. The number of carbonyl (C=O) groups excluding carboxylic acids is 1. The van der Waals surface area contributed by atoms with Crippen molar-refractivity contribution in [2.75, 3.05) is 11.5 Å². The van der Waals surface area contributed by atoms with Gasteiger partial charge in [-0.05, 0) is 30.3 Å². The molecule has 0 aromatic rings. The number of nitrogens with two attached hydrogens (primary N) is 1. The minimum Gasteiger partial charge on any atom is -0.352 e. The molecule has 1 amide bonds. The summed E-state index contributed by atoms with van der Waals surface area (Å²) in [5, 5.41) is 3.06. The summed E-state index contributed by atoms with van der Waals surface area (Å²) >= 11 is 1.96. The first-order valence-electron chi connectivity index (χ1n) is 5.78. The third-order valence-electron chi connectivity index (χ3n) is 3.13. The van der Waals surface area contributed by atoms with Crippen LogP contribution in [0.1, 0.15) is 33.1 Å². The number of hydrogen-bond donors (Lipinski definition) is 2. The monoisotopic (exact) mass is 230 g/mol. The minimum absolute atomic E-state index is 0.0289. The fourth-order valence-electron chi connectivity index (χ4n) is 1.65. The number of rotatable bonds is 4. The topological polar surface area (TPSA) is 55.1 Å². The average molecular weight is 230 g/mol. The molecule has 0 aliphatic carbocycles. The average Bonchev–Trinajstić information content (AvgIpc) is 2.28. The molecule has 2 atom stereocenters. The Kier molecular flexibility index (Phi) is 5.47. The Hall–Kier alpha value is -0.220. The Bertz CT molecular complexity index is 205. The van der Waals surface area contributed by atoms with E-state index in [-0.39, 0.29) is 17.9 Å². The van der Waals surface area contributed by atoms with Gasteiger partial charge in [-0.25, -0.2) is 0 Å². The van der Waals surface area contributed by atoms with Gasteiger partial charge in [0.05, 0.1) is 6.04 Å². The molecule has 0 aromatic heterocycles. The molecule has 0 aromatic carbocycles. The summed E-state index contributed by atoms with van der Waals surface area (Å²) in [6.07, 6.45) is 3.13. The number of amides is 1. The molecule has 1 aliphatic rings. The zero-order valence-corrected chi connectivity index (χ0v) is 10.5. The Morgan fingerprint density at radius 3 is 2.67 bits per heavy atom. The van der Waals surface area contributed by atoms with Crippen molar-refractivity contribution in [3.05, 3.63) is 0 Å². The van der Waals surface area contributed by atoms with Crippen molar-refractivity contribution in [2.24, 2.45) is 11.7 Å². The Morgan fingerprint density at radius 1 is 1.53 bits per heavy atom. The van der Waals surface area contributed by atoms with Crippen LogP contribution in [-0.4, -0.2) is 29.5 Å². The van der Waals surface area contributed by atoms with Gasteiger partial charge in [-0.3, -0.25) is 4.79 Å². The van der Waals surface area contributed by atoms with Gasteiger partial charge in [0.2, 0.25) is 5.91 Å². The summed E-state index contributed by atoms with van der Waals surface area (Å²) in [7, 11) is 0. The van der Waals surface area contributed by atoms with E-state index in [2.05, 4.69) is 12.2 Å². The molecule has 15 heavy (non-hydrogen) atoms. The highest BCUT2D eigenvalue weighted by Crippen LogP contribution is 2.17. The second-order valence-corrected chi connectivity index (χ2v) is 5.53. The van der Waals surface area contributed by atoms with E-state index in [1.807, 2.05) is 18.7 Å². The molecular weight excluding hydrogens is 208 g/mol. The molecule has 1 rings (SSSR count). The Balaban J connectivity index is 2.33. The summed E-state index contributed by atoms with van der Waals surface area (Å²) in [4.78, 5) is 11.8. The van der Waals surface area contributed by atoms with Crippen LogP contribution in [-0.2, 0) is 4.79 Å². The highest BCUT2D eigenvalue weighted by Gasteiger charge is 2.23. The molecule has 3 nitrogen and oxygen atoms in total. The molecule has 88 valence electrons. The van der Waals surface area contributed by atoms with E-state index in [4.69, 9.17) is 5.73 Å². The molecule has 4 heteroatoms. The zero-order chi connectivity index (χ0) is 11.3. The molecule has 0 unspecified atom stereocenters. The highest BCUT2D eigenvalue weighted by atomic mass is 32.2. The molecule has 0 bridgehead atoms. The van der Waals surface area contributed by atoms with Gasteiger partial charge in [0.1, 0.15) is 0 Å². The van der Waals surface area contributed by atoms with E-state index in [0.29, 0.717) is 6.04 Å². The van der Waals surface area contributed by atoms with Crippen LogP contribution in [0.5, 0.6) is 0 Å². The molecule has 0 saturated carbocycles. The Labute approximate surface area is 96.6 Å². The van der Waals surface area contributed by atoms with Crippen LogP contribution >= 0.6 is 11.8 Å². The highest BCUT2D eigenvalue weighted by molar-refractivity contribution is 7.99. The molecule has 1 aliphatic heterocycles. The van der Waals surface area contributed by atoms with Crippen molar-refractivity contribution in [3.8, 4) is 0 Å². The van der Waals surface area contributed by atoms with Gasteiger partial charge in [-0.1, -0.05) is 20.3 Å². The first-order valence-corrected chi connectivity index (χ1v) is 6.94. The lowest BCUT2D eigenvalue weighted by Gasteiger charge is -2.25. The maximum absolute atomic E-state index is 11.8. The Morgan fingerprint density at radius 2 is 2.13 bits per heavy atom. The maximum atomic E-state index is 11.8. The number of carbonyl (C=O) groups is 1.